The van der Waals surface area contributed by atoms with Crippen LogP contribution in [0.25, 0.3) is 0 Å². The Hall–Kier alpha value is -3.35. The monoisotopic (exact) mass is 368 g/mol. The van der Waals surface area contributed by atoms with Gasteiger partial charge in [-0.05, 0) is 29.7 Å². The number of benzene rings is 2. The van der Waals surface area contributed by atoms with Crippen molar-refractivity contribution in [3.05, 3.63) is 77.8 Å². The fourth-order valence-corrected chi connectivity index (χ4v) is 2.57. The molecule has 5 nitrogen and oxygen atoms in total. The van der Waals surface area contributed by atoms with Crippen molar-refractivity contribution in [2.75, 3.05) is 10.6 Å². The molecule has 27 heavy (non-hydrogen) atoms. The number of para-hydroxylation sites is 1. The summed E-state index contributed by atoms with van der Waals surface area (Å²) < 4.78 is 26.3. The molecule has 3 aromatic rings. The summed E-state index contributed by atoms with van der Waals surface area (Å²) in [4.78, 5) is 20.5. The van der Waals surface area contributed by atoms with E-state index in [-0.39, 0.29) is 17.5 Å². The summed E-state index contributed by atoms with van der Waals surface area (Å²) in [6.45, 7) is 4.08. The standard InChI is InChI=1S/C20H18F2N4O/c1-12(2)14-5-3-4-6-17(14)26-20(27)18-10-19(24-11-23-18)25-13-7-8-15(21)16(22)9-13/h3-12H,1-2H3,(H,26,27)(H,23,24,25). The van der Waals surface area contributed by atoms with Gasteiger partial charge in [0, 0.05) is 23.5 Å². The molecular formula is C20H18F2N4O. The van der Waals surface area contributed by atoms with Gasteiger partial charge >= 0.3 is 0 Å². The normalized spacial score (nSPS) is 10.7. The number of nitrogens with one attached hydrogen (secondary N) is 2. The van der Waals surface area contributed by atoms with Crippen molar-refractivity contribution in [3.63, 3.8) is 0 Å². The molecule has 1 amide bonds. The summed E-state index contributed by atoms with van der Waals surface area (Å²) in [5, 5.41) is 5.67. The first-order chi connectivity index (χ1) is 12.9. The van der Waals surface area contributed by atoms with E-state index in [0.717, 1.165) is 17.7 Å². The molecule has 0 fully saturated rings. The van der Waals surface area contributed by atoms with E-state index in [1.54, 1.807) is 0 Å². The molecule has 0 atom stereocenters. The van der Waals surface area contributed by atoms with Crippen LogP contribution in [0.5, 0.6) is 0 Å². The average molecular weight is 368 g/mol. The molecule has 138 valence electrons. The molecule has 0 aliphatic carbocycles. The largest absolute Gasteiger partial charge is 0.340 e. The molecule has 0 aliphatic heterocycles. The second-order valence-electron chi connectivity index (χ2n) is 6.24. The van der Waals surface area contributed by atoms with Gasteiger partial charge in [-0.25, -0.2) is 18.7 Å². The number of carbonyl (C=O) groups excluding carboxylic acids is 1. The molecule has 1 heterocycles. The molecule has 7 heteroatoms. The van der Waals surface area contributed by atoms with E-state index in [0.29, 0.717) is 17.2 Å². The highest BCUT2D eigenvalue weighted by molar-refractivity contribution is 6.03. The van der Waals surface area contributed by atoms with E-state index >= 15 is 0 Å². The van der Waals surface area contributed by atoms with Gasteiger partial charge in [-0.2, -0.15) is 0 Å². The summed E-state index contributed by atoms with van der Waals surface area (Å²) in [7, 11) is 0. The number of aromatic nitrogens is 2. The molecule has 2 aromatic carbocycles. The van der Waals surface area contributed by atoms with Crippen LogP contribution >= 0.6 is 0 Å². The number of nitrogens with zero attached hydrogens (tertiary/aromatic N) is 2. The SMILES string of the molecule is CC(C)c1ccccc1NC(=O)c1cc(Nc2ccc(F)c(F)c2)ncn1. The zero-order valence-corrected chi connectivity index (χ0v) is 14.8. The third-order valence-corrected chi connectivity index (χ3v) is 3.92. The van der Waals surface area contributed by atoms with Crippen molar-refractivity contribution in [2.24, 2.45) is 0 Å². The Kier molecular flexibility index (Phi) is 5.40. The van der Waals surface area contributed by atoms with Gasteiger partial charge in [-0.1, -0.05) is 32.0 Å². The number of amides is 1. The number of hydrogen-bond acceptors (Lipinski definition) is 4. The maximum absolute atomic E-state index is 13.3. The second kappa shape index (κ2) is 7.90. The maximum atomic E-state index is 13.3. The molecule has 0 spiro atoms. The van der Waals surface area contributed by atoms with Gasteiger partial charge in [0.15, 0.2) is 11.6 Å². The highest BCUT2D eigenvalue weighted by Gasteiger charge is 2.13. The fourth-order valence-electron chi connectivity index (χ4n) is 2.57. The van der Waals surface area contributed by atoms with Crippen LogP contribution in [0, 0.1) is 11.6 Å². The first kappa shape index (κ1) is 18.4. The molecule has 0 radical (unpaired) electrons. The van der Waals surface area contributed by atoms with Crippen LogP contribution in [0.3, 0.4) is 0 Å². The van der Waals surface area contributed by atoms with Crippen molar-refractivity contribution in [1.29, 1.82) is 0 Å². The topological polar surface area (TPSA) is 66.9 Å². The van der Waals surface area contributed by atoms with Crippen LogP contribution in [0.1, 0.15) is 35.8 Å². The third kappa shape index (κ3) is 4.44. The van der Waals surface area contributed by atoms with Crippen LogP contribution in [0.2, 0.25) is 0 Å². The molecule has 0 saturated carbocycles. The van der Waals surface area contributed by atoms with E-state index in [1.807, 2.05) is 38.1 Å². The zero-order chi connectivity index (χ0) is 19.4. The first-order valence-electron chi connectivity index (χ1n) is 8.38. The minimum absolute atomic E-state index is 0.147. The van der Waals surface area contributed by atoms with Crippen LogP contribution in [0.4, 0.5) is 26.0 Å². The number of hydrogen-bond donors (Lipinski definition) is 2. The van der Waals surface area contributed by atoms with Crippen molar-refractivity contribution >= 4 is 23.1 Å². The summed E-state index contributed by atoms with van der Waals surface area (Å²) >= 11 is 0. The summed E-state index contributed by atoms with van der Waals surface area (Å²) in [5.41, 5.74) is 2.18. The summed E-state index contributed by atoms with van der Waals surface area (Å²) in [5.74, 6) is -1.76. The van der Waals surface area contributed by atoms with E-state index in [1.165, 1.54) is 18.5 Å². The van der Waals surface area contributed by atoms with Gasteiger partial charge < -0.3 is 10.6 Å². The molecule has 0 saturated heterocycles. The first-order valence-corrected chi connectivity index (χ1v) is 8.38. The maximum Gasteiger partial charge on any atom is 0.274 e. The Morgan fingerprint density at radius 3 is 2.52 bits per heavy atom. The lowest BCUT2D eigenvalue weighted by molar-refractivity contribution is 0.102. The molecule has 1 aromatic heterocycles. The zero-order valence-electron chi connectivity index (χ0n) is 14.8. The van der Waals surface area contributed by atoms with Crippen molar-refractivity contribution in [3.8, 4) is 0 Å². The lowest BCUT2D eigenvalue weighted by atomic mass is 10.0. The Morgan fingerprint density at radius 1 is 1.00 bits per heavy atom. The van der Waals surface area contributed by atoms with Gasteiger partial charge in [0.05, 0.1) is 0 Å². The number of halogens is 2. The Morgan fingerprint density at radius 2 is 1.78 bits per heavy atom. The van der Waals surface area contributed by atoms with Gasteiger partial charge in [-0.3, -0.25) is 4.79 Å². The predicted molar refractivity (Wildman–Crippen MR) is 100 cm³/mol. The van der Waals surface area contributed by atoms with E-state index < -0.39 is 11.6 Å². The predicted octanol–water partition coefficient (Wildman–Crippen LogP) is 4.87. The summed E-state index contributed by atoms with van der Waals surface area (Å²) in [6, 6.07) is 12.4. The third-order valence-electron chi connectivity index (χ3n) is 3.92. The van der Waals surface area contributed by atoms with Gasteiger partial charge in [0.25, 0.3) is 5.91 Å². The van der Waals surface area contributed by atoms with Crippen LogP contribution < -0.4 is 10.6 Å². The smallest absolute Gasteiger partial charge is 0.274 e. The molecule has 3 rings (SSSR count). The number of rotatable bonds is 5. The van der Waals surface area contributed by atoms with Crippen molar-refractivity contribution in [2.45, 2.75) is 19.8 Å². The summed E-state index contributed by atoms with van der Waals surface area (Å²) in [6.07, 6.45) is 1.23. The highest BCUT2D eigenvalue weighted by Crippen LogP contribution is 2.24. The number of anilines is 3. The molecule has 0 unspecified atom stereocenters. The quantitative estimate of drug-likeness (QED) is 0.674. The lowest BCUT2D eigenvalue weighted by Gasteiger charge is -2.13. The minimum atomic E-state index is -0.975. The molecule has 0 bridgehead atoms. The van der Waals surface area contributed by atoms with Gasteiger partial charge in [-0.15, -0.1) is 0 Å². The Labute approximate surface area is 155 Å². The van der Waals surface area contributed by atoms with Crippen LogP contribution in [0.15, 0.2) is 54.9 Å². The van der Waals surface area contributed by atoms with Crippen LogP contribution in [-0.4, -0.2) is 15.9 Å². The van der Waals surface area contributed by atoms with Gasteiger partial charge in [0.2, 0.25) is 0 Å². The highest BCUT2D eigenvalue weighted by atomic mass is 19.2. The molecule has 0 aliphatic rings. The van der Waals surface area contributed by atoms with E-state index in [4.69, 9.17) is 0 Å². The van der Waals surface area contributed by atoms with Crippen molar-refractivity contribution < 1.29 is 13.6 Å². The second-order valence-corrected chi connectivity index (χ2v) is 6.24. The molecular weight excluding hydrogens is 350 g/mol. The van der Waals surface area contributed by atoms with E-state index in [9.17, 15) is 13.6 Å². The van der Waals surface area contributed by atoms with Crippen LogP contribution in [-0.2, 0) is 0 Å². The Balaban J connectivity index is 1.79. The molecule has 2 N–H and O–H groups in total. The number of carbonyl (C=O) groups is 1. The van der Waals surface area contributed by atoms with Gasteiger partial charge in [0.1, 0.15) is 17.8 Å². The lowest BCUT2D eigenvalue weighted by Crippen LogP contribution is -2.15. The Bertz CT molecular complexity index is 976. The average Bonchev–Trinajstić information content (AvgIpc) is 2.65. The fraction of sp³-hybridized carbons (Fsp3) is 0.150. The van der Waals surface area contributed by atoms with E-state index in [2.05, 4.69) is 20.6 Å². The van der Waals surface area contributed by atoms with Crippen molar-refractivity contribution in [1.82, 2.24) is 9.97 Å². The minimum Gasteiger partial charge on any atom is -0.340 e.